The second kappa shape index (κ2) is 9.35. The van der Waals surface area contributed by atoms with Crippen LogP contribution >= 0.6 is 23.2 Å². The average Bonchev–Trinajstić information content (AvgIpc) is 2.81. The van der Waals surface area contributed by atoms with Gasteiger partial charge in [-0.15, -0.1) is 0 Å². The summed E-state index contributed by atoms with van der Waals surface area (Å²) >= 11 is 12.5. The third kappa shape index (κ3) is 4.82. The quantitative estimate of drug-likeness (QED) is 0.176. The zero-order valence-corrected chi connectivity index (χ0v) is 24.2. The number of benzene rings is 3. The summed E-state index contributed by atoms with van der Waals surface area (Å²) in [5.41, 5.74) is -1.85. The number of pyridine rings is 2. The summed E-state index contributed by atoms with van der Waals surface area (Å²) in [6, 6.07) is 12.0. The molecular formula is C30H26Cl2N2O6. The fourth-order valence-electron chi connectivity index (χ4n) is 4.63. The number of hydrogen-bond acceptors (Lipinski definition) is 6. The standard InChI is InChI=1S/C30H26Cl2N2O6/c1-29(2,3)39-27(37)33-21-11-15(31)7-9-17(21)25(35)19-14-24-20(13-23(19)33)26(36)18-10-8-16(32)12-22(18)34(24)28(38)40-30(4,5)6/h7-14H,1-6H3. The molecule has 0 fully saturated rings. The number of carbonyl (C=O) groups is 2. The lowest BCUT2D eigenvalue weighted by Crippen LogP contribution is -2.29. The summed E-state index contributed by atoms with van der Waals surface area (Å²) in [6.45, 7) is 10.3. The fraction of sp³-hybridized carbons (Fsp3) is 0.267. The van der Waals surface area contributed by atoms with Crippen LogP contribution in [0.2, 0.25) is 10.0 Å². The Balaban J connectivity index is 2.02. The molecule has 0 atom stereocenters. The van der Waals surface area contributed by atoms with Crippen molar-refractivity contribution in [2.45, 2.75) is 52.7 Å². The van der Waals surface area contributed by atoms with Crippen molar-refractivity contribution in [1.29, 1.82) is 0 Å². The Morgan fingerprint density at radius 3 is 1.23 bits per heavy atom. The lowest BCUT2D eigenvalue weighted by Gasteiger charge is -2.23. The Morgan fingerprint density at radius 1 is 0.575 bits per heavy atom. The highest BCUT2D eigenvalue weighted by atomic mass is 35.5. The van der Waals surface area contributed by atoms with Gasteiger partial charge in [0.2, 0.25) is 0 Å². The Kier molecular flexibility index (Phi) is 6.47. The van der Waals surface area contributed by atoms with Crippen LogP contribution in [0.5, 0.6) is 0 Å². The molecule has 0 aliphatic carbocycles. The van der Waals surface area contributed by atoms with Gasteiger partial charge in [-0.3, -0.25) is 9.59 Å². The van der Waals surface area contributed by atoms with Crippen LogP contribution in [0.1, 0.15) is 41.5 Å². The number of aromatic nitrogens is 2. The monoisotopic (exact) mass is 580 g/mol. The van der Waals surface area contributed by atoms with Gasteiger partial charge in [0.25, 0.3) is 0 Å². The van der Waals surface area contributed by atoms with Crippen LogP contribution < -0.4 is 10.9 Å². The molecule has 2 aromatic heterocycles. The Bertz CT molecular complexity index is 1880. The number of fused-ring (bicyclic) bond motifs is 4. The first-order valence-electron chi connectivity index (χ1n) is 12.5. The molecule has 0 amide bonds. The van der Waals surface area contributed by atoms with Crippen molar-refractivity contribution in [2.24, 2.45) is 0 Å². The van der Waals surface area contributed by atoms with Crippen molar-refractivity contribution >= 4 is 79.0 Å². The Morgan fingerprint density at radius 2 is 0.900 bits per heavy atom. The molecule has 206 valence electrons. The van der Waals surface area contributed by atoms with E-state index in [9.17, 15) is 19.2 Å². The van der Waals surface area contributed by atoms with E-state index in [0.29, 0.717) is 10.0 Å². The van der Waals surface area contributed by atoms with Gasteiger partial charge < -0.3 is 9.47 Å². The SMILES string of the molecule is CC(C)(C)OC(=O)n1c2cc(Cl)ccc2c(=O)c2cc3c(cc21)c(=O)c1ccc(Cl)cc1n3C(=O)OC(C)(C)C. The van der Waals surface area contributed by atoms with Crippen molar-refractivity contribution in [3.8, 4) is 0 Å². The van der Waals surface area contributed by atoms with Crippen LogP contribution in [0.15, 0.2) is 58.1 Å². The Labute approximate surface area is 238 Å². The average molecular weight is 581 g/mol. The van der Waals surface area contributed by atoms with Gasteiger partial charge in [-0.25, -0.2) is 18.7 Å². The van der Waals surface area contributed by atoms with Crippen LogP contribution in [0.4, 0.5) is 9.59 Å². The minimum atomic E-state index is -0.854. The molecule has 0 spiro atoms. The van der Waals surface area contributed by atoms with E-state index in [4.69, 9.17) is 32.7 Å². The van der Waals surface area contributed by atoms with E-state index in [-0.39, 0.29) is 43.6 Å². The number of rotatable bonds is 0. The summed E-state index contributed by atoms with van der Waals surface area (Å²) in [7, 11) is 0. The third-order valence-corrected chi connectivity index (χ3v) is 6.60. The molecule has 5 rings (SSSR count). The molecule has 0 radical (unpaired) electrons. The van der Waals surface area contributed by atoms with Crippen molar-refractivity contribution in [1.82, 2.24) is 9.13 Å². The fourth-order valence-corrected chi connectivity index (χ4v) is 4.97. The van der Waals surface area contributed by atoms with E-state index in [0.717, 1.165) is 0 Å². The van der Waals surface area contributed by atoms with Gasteiger partial charge in [-0.2, -0.15) is 0 Å². The lowest BCUT2D eigenvalue weighted by atomic mass is 10.0. The van der Waals surface area contributed by atoms with Gasteiger partial charge in [0.15, 0.2) is 10.9 Å². The normalized spacial score (nSPS) is 12.4. The summed E-state index contributed by atoms with van der Waals surface area (Å²) in [4.78, 5) is 54.6. The molecule has 0 unspecified atom stereocenters. The van der Waals surface area contributed by atoms with Gasteiger partial charge >= 0.3 is 12.2 Å². The zero-order chi connectivity index (χ0) is 29.3. The number of ether oxygens (including phenoxy) is 2. The predicted octanol–water partition coefficient (Wildman–Crippen LogP) is 7.50. The molecule has 2 heterocycles. The maximum Gasteiger partial charge on any atom is 0.419 e. The molecule has 0 aliphatic heterocycles. The van der Waals surface area contributed by atoms with Crippen LogP contribution in [0, 0.1) is 0 Å². The van der Waals surface area contributed by atoms with Crippen LogP contribution in [0.25, 0.3) is 43.6 Å². The first-order chi connectivity index (χ1) is 18.6. The van der Waals surface area contributed by atoms with E-state index in [2.05, 4.69) is 0 Å². The molecule has 8 nitrogen and oxygen atoms in total. The first kappa shape index (κ1) is 27.7. The minimum absolute atomic E-state index is 0.0891. The number of halogens is 2. The second-order valence-corrected chi connectivity index (χ2v) is 12.4. The van der Waals surface area contributed by atoms with E-state index < -0.39 is 34.2 Å². The number of hydrogen-bond donors (Lipinski definition) is 0. The van der Waals surface area contributed by atoms with Crippen molar-refractivity contribution in [3.63, 3.8) is 0 Å². The highest BCUT2D eigenvalue weighted by Crippen LogP contribution is 2.30. The molecule has 3 aromatic carbocycles. The lowest BCUT2D eigenvalue weighted by molar-refractivity contribution is 0.0538. The highest BCUT2D eigenvalue weighted by molar-refractivity contribution is 6.32. The van der Waals surface area contributed by atoms with Gasteiger partial charge in [-0.05, 0) is 90.1 Å². The summed E-state index contributed by atoms with van der Waals surface area (Å²) in [5.74, 6) is 0. The molecule has 0 aliphatic rings. The van der Waals surface area contributed by atoms with E-state index in [1.807, 2.05) is 0 Å². The van der Waals surface area contributed by atoms with E-state index in [1.54, 1.807) is 53.7 Å². The molecular weight excluding hydrogens is 555 g/mol. The first-order valence-corrected chi connectivity index (χ1v) is 13.2. The second-order valence-electron chi connectivity index (χ2n) is 11.5. The predicted molar refractivity (Wildman–Crippen MR) is 158 cm³/mol. The van der Waals surface area contributed by atoms with E-state index >= 15 is 0 Å². The molecule has 0 N–H and O–H groups in total. The highest BCUT2D eigenvalue weighted by Gasteiger charge is 2.26. The number of nitrogens with zero attached hydrogens (tertiary/aromatic N) is 2. The maximum absolute atomic E-state index is 13.8. The molecule has 0 saturated heterocycles. The van der Waals surface area contributed by atoms with Crippen molar-refractivity contribution in [3.05, 3.63) is 79.0 Å². The largest absolute Gasteiger partial charge is 0.443 e. The summed E-state index contributed by atoms with van der Waals surface area (Å²) < 4.78 is 13.8. The molecule has 0 bridgehead atoms. The number of carbonyl (C=O) groups excluding carboxylic acids is 2. The van der Waals surface area contributed by atoms with Gasteiger partial charge in [0.05, 0.1) is 22.1 Å². The Hall–Kier alpha value is -3.88. The molecule has 10 heteroatoms. The maximum atomic E-state index is 13.8. The van der Waals surface area contributed by atoms with Crippen LogP contribution in [-0.2, 0) is 9.47 Å². The van der Waals surface area contributed by atoms with Crippen LogP contribution in [0.3, 0.4) is 0 Å². The van der Waals surface area contributed by atoms with Crippen molar-refractivity contribution < 1.29 is 19.1 Å². The molecule has 5 aromatic rings. The zero-order valence-electron chi connectivity index (χ0n) is 22.7. The van der Waals surface area contributed by atoms with Gasteiger partial charge in [-0.1, -0.05) is 23.2 Å². The van der Waals surface area contributed by atoms with E-state index in [1.165, 1.54) is 45.5 Å². The molecule has 40 heavy (non-hydrogen) atoms. The molecule has 0 saturated carbocycles. The summed E-state index contributed by atoms with van der Waals surface area (Å²) in [6.07, 6.45) is -1.52. The van der Waals surface area contributed by atoms with Crippen LogP contribution in [-0.4, -0.2) is 32.5 Å². The smallest absolute Gasteiger partial charge is 0.419 e. The topological polar surface area (TPSA) is 96.6 Å². The summed E-state index contributed by atoms with van der Waals surface area (Å²) in [5, 5.41) is 1.20. The van der Waals surface area contributed by atoms with Gasteiger partial charge in [0.1, 0.15) is 11.2 Å². The van der Waals surface area contributed by atoms with Crippen molar-refractivity contribution in [2.75, 3.05) is 0 Å². The third-order valence-electron chi connectivity index (χ3n) is 6.13. The minimum Gasteiger partial charge on any atom is -0.443 e. The van der Waals surface area contributed by atoms with Gasteiger partial charge in [0, 0.05) is 31.6 Å².